The van der Waals surface area contributed by atoms with Gasteiger partial charge in [0.15, 0.2) is 0 Å². The summed E-state index contributed by atoms with van der Waals surface area (Å²) in [6.07, 6.45) is 4.18. The number of hydrogen-bond acceptors (Lipinski definition) is 5. The molecular formula is C8H16N2O3. The van der Waals surface area contributed by atoms with Crippen molar-refractivity contribution in [2.45, 2.75) is 25.7 Å². The molecule has 3 N–H and O–H groups in total. The number of nitrogens with two attached hydrogens (primary N) is 1. The number of rotatable bonds is 5. The van der Waals surface area contributed by atoms with Crippen molar-refractivity contribution in [2.24, 2.45) is 5.73 Å². The van der Waals surface area contributed by atoms with Gasteiger partial charge < -0.3 is 10.5 Å². The van der Waals surface area contributed by atoms with Gasteiger partial charge in [-0.15, -0.1) is 0 Å². The molecule has 0 amide bonds. The van der Waals surface area contributed by atoms with Gasteiger partial charge in [-0.2, -0.15) is 0 Å². The third-order valence-electron chi connectivity index (χ3n) is 1.31. The van der Waals surface area contributed by atoms with Crippen LogP contribution in [-0.2, 0) is 14.3 Å². The van der Waals surface area contributed by atoms with Gasteiger partial charge in [0, 0.05) is 6.42 Å². The molecule has 0 heterocycles. The third kappa shape index (κ3) is 18.1. The molecule has 0 aromatic rings. The molecule has 0 saturated heterocycles. The number of isocyanates is 1. The first-order valence-electron chi connectivity index (χ1n) is 4.03. The van der Waals surface area contributed by atoms with Gasteiger partial charge in [0.05, 0.1) is 7.11 Å². The fraction of sp³-hybridized carbons (Fsp3) is 0.750. The largest absolute Gasteiger partial charge is 0.469 e. The van der Waals surface area contributed by atoms with E-state index in [1.165, 1.54) is 7.11 Å². The van der Waals surface area contributed by atoms with Gasteiger partial charge >= 0.3 is 5.97 Å². The van der Waals surface area contributed by atoms with Crippen molar-refractivity contribution in [1.29, 1.82) is 5.41 Å². The van der Waals surface area contributed by atoms with E-state index >= 15 is 0 Å². The number of methoxy groups -OCH3 is 1. The van der Waals surface area contributed by atoms with Crippen molar-refractivity contribution in [3.63, 3.8) is 0 Å². The van der Waals surface area contributed by atoms with Crippen LogP contribution in [0.1, 0.15) is 25.7 Å². The summed E-state index contributed by atoms with van der Waals surface area (Å²) in [5.41, 5.74) is 5.26. The van der Waals surface area contributed by atoms with E-state index in [1.54, 1.807) is 0 Å². The lowest BCUT2D eigenvalue weighted by molar-refractivity contribution is -0.140. The summed E-state index contributed by atoms with van der Waals surface area (Å²) < 4.78 is 4.46. The summed E-state index contributed by atoms with van der Waals surface area (Å²) in [4.78, 5) is 18.9. The Labute approximate surface area is 77.8 Å². The van der Waals surface area contributed by atoms with Crippen molar-refractivity contribution >= 4 is 12.0 Å². The maximum absolute atomic E-state index is 10.5. The van der Waals surface area contributed by atoms with Crippen LogP contribution in [0.5, 0.6) is 0 Å². The van der Waals surface area contributed by atoms with Gasteiger partial charge in [0.2, 0.25) is 6.08 Å². The Kier molecular flexibility index (Phi) is 14.8. The van der Waals surface area contributed by atoms with Gasteiger partial charge in [-0.3, -0.25) is 4.79 Å². The number of nitrogens with one attached hydrogen (secondary N) is 1. The van der Waals surface area contributed by atoms with Crippen LogP contribution in [0.2, 0.25) is 0 Å². The molecule has 0 bridgehead atoms. The molecule has 0 spiro atoms. The Hall–Kier alpha value is -1.19. The van der Waals surface area contributed by atoms with E-state index in [4.69, 9.17) is 15.9 Å². The maximum Gasteiger partial charge on any atom is 0.305 e. The highest BCUT2D eigenvalue weighted by atomic mass is 16.5. The molecule has 0 aliphatic heterocycles. The van der Waals surface area contributed by atoms with Gasteiger partial charge in [-0.1, -0.05) is 6.42 Å². The first-order valence-corrected chi connectivity index (χ1v) is 4.03. The molecule has 0 rings (SSSR count). The van der Waals surface area contributed by atoms with E-state index < -0.39 is 0 Å². The zero-order valence-electron chi connectivity index (χ0n) is 7.84. The minimum absolute atomic E-state index is 0.128. The summed E-state index contributed by atoms with van der Waals surface area (Å²) in [6.45, 7) is 0.709. The lowest BCUT2D eigenvalue weighted by Crippen LogP contribution is -2.01. The molecule has 0 aromatic carbocycles. The quantitative estimate of drug-likeness (QED) is 0.285. The number of carbonyl (C=O) groups is 1. The molecule has 0 atom stereocenters. The van der Waals surface area contributed by atoms with E-state index in [9.17, 15) is 4.79 Å². The molecule has 0 aromatic heterocycles. The van der Waals surface area contributed by atoms with Crippen molar-refractivity contribution in [3.8, 4) is 0 Å². The summed E-state index contributed by atoms with van der Waals surface area (Å²) in [7, 11) is 1.41. The second-order valence-electron chi connectivity index (χ2n) is 2.28. The van der Waals surface area contributed by atoms with E-state index in [1.807, 2.05) is 0 Å². The summed E-state index contributed by atoms with van der Waals surface area (Å²) in [5, 5.41) is 5.40. The second kappa shape index (κ2) is 13.4. The van der Waals surface area contributed by atoms with Gasteiger partial charge in [-0.25, -0.2) is 10.2 Å². The smallest absolute Gasteiger partial charge is 0.305 e. The lowest BCUT2D eigenvalue weighted by Gasteiger charge is -1.97. The lowest BCUT2D eigenvalue weighted by atomic mass is 10.2. The van der Waals surface area contributed by atoms with Crippen molar-refractivity contribution < 1.29 is 14.3 Å². The van der Waals surface area contributed by atoms with Crippen LogP contribution < -0.4 is 5.73 Å². The number of esters is 1. The van der Waals surface area contributed by atoms with Crippen LogP contribution in [0, 0.1) is 5.41 Å². The highest BCUT2D eigenvalue weighted by molar-refractivity contribution is 5.68. The summed E-state index contributed by atoms with van der Waals surface area (Å²) in [5.74, 6) is -0.128. The number of unbranched alkanes of at least 4 members (excludes halogenated alkanes) is 2. The van der Waals surface area contributed by atoms with Crippen molar-refractivity contribution in [1.82, 2.24) is 0 Å². The zero-order chi connectivity index (χ0) is 10.5. The highest BCUT2D eigenvalue weighted by Gasteiger charge is 1.97. The normalized spacial score (nSPS) is 7.85. The molecule has 0 aliphatic rings. The number of ether oxygens (including phenoxy) is 1. The summed E-state index contributed by atoms with van der Waals surface area (Å²) >= 11 is 0. The van der Waals surface area contributed by atoms with Crippen LogP contribution in [0.25, 0.3) is 0 Å². The molecular weight excluding hydrogens is 172 g/mol. The number of hydrogen-bond donors (Lipinski definition) is 2. The fourth-order valence-electron chi connectivity index (χ4n) is 0.693. The topological polar surface area (TPSA) is 93.2 Å². The van der Waals surface area contributed by atoms with Crippen LogP contribution in [0.3, 0.4) is 0 Å². The molecule has 0 unspecified atom stereocenters. The fourth-order valence-corrected chi connectivity index (χ4v) is 0.693. The standard InChI is InChI=1S/C7H15NO2.CHNO/c1-10-7(9)5-3-2-4-6-8;2-1-3/h2-6,8H2,1H3;2H. The highest BCUT2D eigenvalue weighted by Crippen LogP contribution is 1.98. The van der Waals surface area contributed by atoms with Gasteiger partial charge in [0.1, 0.15) is 0 Å². The SMILES string of the molecule is COC(=O)CCCCCN.N=C=O. The van der Waals surface area contributed by atoms with Crippen LogP contribution >= 0.6 is 0 Å². The minimum atomic E-state index is -0.128. The molecule has 0 saturated carbocycles. The monoisotopic (exact) mass is 188 g/mol. The van der Waals surface area contributed by atoms with Gasteiger partial charge in [-0.05, 0) is 19.4 Å². The Morgan fingerprint density at radius 1 is 1.46 bits per heavy atom. The average molecular weight is 188 g/mol. The van der Waals surface area contributed by atoms with Gasteiger partial charge in [0.25, 0.3) is 0 Å². The van der Waals surface area contributed by atoms with E-state index in [0.29, 0.717) is 13.0 Å². The van der Waals surface area contributed by atoms with E-state index in [0.717, 1.165) is 25.3 Å². The first kappa shape index (κ1) is 14.3. The minimum Gasteiger partial charge on any atom is -0.469 e. The maximum atomic E-state index is 10.5. The van der Waals surface area contributed by atoms with E-state index in [-0.39, 0.29) is 5.97 Å². The second-order valence-corrected chi connectivity index (χ2v) is 2.28. The predicted octanol–water partition coefficient (Wildman–Crippen LogP) is 0.579. The molecule has 76 valence electrons. The third-order valence-corrected chi connectivity index (χ3v) is 1.31. The Morgan fingerprint density at radius 3 is 2.38 bits per heavy atom. The Balaban J connectivity index is 0. The average Bonchev–Trinajstić information content (AvgIpc) is 2.13. The predicted molar refractivity (Wildman–Crippen MR) is 48.0 cm³/mol. The Bertz CT molecular complexity index is 153. The van der Waals surface area contributed by atoms with Crippen molar-refractivity contribution in [2.75, 3.05) is 13.7 Å². The molecule has 0 fully saturated rings. The molecule has 5 nitrogen and oxygen atoms in total. The zero-order valence-corrected chi connectivity index (χ0v) is 7.84. The first-order chi connectivity index (χ1) is 6.22. The molecule has 0 aliphatic carbocycles. The Morgan fingerprint density at radius 2 is 2.00 bits per heavy atom. The molecule has 5 heteroatoms. The van der Waals surface area contributed by atoms with E-state index in [2.05, 4.69) is 4.74 Å². The number of carbonyl (C=O) groups excluding carboxylic acids is 2. The molecule has 0 radical (unpaired) electrons. The summed E-state index contributed by atoms with van der Waals surface area (Å²) in [6, 6.07) is 0. The van der Waals surface area contributed by atoms with Crippen molar-refractivity contribution in [3.05, 3.63) is 0 Å². The van der Waals surface area contributed by atoms with Crippen LogP contribution in [0.15, 0.2) is 0 Å². The van der Waals surface area contributed by atoms with Crippen LogP contribution in [0.4, 0.5) is 0 Å². The van der Waals surface area contributed by atoms with Crippen LogP contribution in [-0.4, -0.2) is 25.7 Å². The molecule has 13 heavy (non-hydrogen) atoms.